The maximum Gasteiger partial charge on any atom is 0.166 e. The highest BCUT2D eigenvalue weighted by atomic mass is 19.2. The lowest BCUT2D eigenvalue weighted by Crippen LogP contribution is -2.20. The normalized spacial score (nSPS) is 17.3. The van der Waals surface area contributed by atoms with Crippen LogP contribution in [0.1, 0.15) is 108 Å². The van der Waals surface area contributed by atoms with Crippen molar-refractivity contribution in [2.24, 2.45) is 5.92 Å². The molecule has 0 bridgehead atoms. The molecule has 0 aliphatic carbocycles. The van der Waals surface area contributed by atoms with Crippen molar-refractivity contribution in [3.05, 3.63) is 95.3 Å². The van der Waals surface area contributed by atoms with Crippen LogP contribution in [0.3, 0.4) is 0 Å². The summed E-state index contributed by atoms with van der Waals surface area (Å²) >= 11 is 0. The molecule has 4 heteroatoms. The molecule has 3 aromatic rings. The first-order chi connectivity index (χ1) is 20.5. The standard InChI is InChI=1S/C38H47F3O/c1-3-5-7-8-9-10-11-13-15-31-21-24-34(38(41)37(31)40)30-19-17-29(18-20-30)33-23-22-32(26-35(33)39)36-25-16-28(27-42-36)14-12-6-4-2/h4,6,17-24,26,28,36H,3,5,7-16,25,27H2,1-2H3. The largest absolute Gasteiger partial charge is 0.373 e. The van der Waals surface area contributed by atoms with E-state index in [2.05, 4.69) is 19.1 Å². The minimum absolute atomic E-state index is 0.0784. The second-order valence-corrected chi connectivity index (χ2v) is 11.9. The summed E-state index contributed by atoms with van der Waals surface area (Å²) in [5, 5.41) is 0. The van der Waals surface area contributed by atoms with Gasteiger partial charge >= 0.3 is 0 Å². The molecule has 1 saturated heterocycles. The topological polar surface area (TPSA) is 9.23 Å². The van der Waals surface area contributed by atoms with Gasteiger partial charge in [-0.25, -0.2) is 13.2 Å². The third kappa shape index (κ3) is 8.83. The zero-order valence-corrected chi connectivity index (χ0v) is 25.4. The molecule has 1 fully saturated rings. The maximum atomic E-state index is 15.2. The van der Waals surface area contributed by atoms with Crippen molar-refractivity contribution in [3.63, 3.8) is 0 Å². The summed E-state index contributed by atoms with van der Waals surface area (Å²) in [6, 6.07) is 15.7. The molecule has 1 aliphatic heterocycles. The first kappa shape index (κ1) is 32.1. The third-order valence-corrected chi connectivity index (χ3v) is 8.68. The van der Waals surface area contributed by atoms with Crippen LogP contribution < -0.4 is 0 Å². The van der Waals surface area contributed by atoms with E-state index >= 15 is 8.78 Å². The van der Waals surface area contributed by atoms with Crippen LogP contribution >= 0.6 is 0 Å². The zero-order chi connectivity index (χ0) is 29.7. The number of unbranched alkanes of at least 4 members (excludes halogenated alkanes) is 7. The number of hydrogen-bond donors (Lipinski definition) is 0. The molecular weight excluding hydrogens is 529 g/mol. The van der Waals surface area contributed by atoms with E-state index in [9.17, 15) is 4.39 Å². The number of benzene rings is 3. The molecule has 0 radical (unpaired) electrons. The molecule has 2 unspecified atom stereocenters. The molecule has 0 spiro atoms. The van der Waals surface area contributed by atoms with Gasteiger partial charge in [-0.15, -0.1) is 0 Å². The van der Waals surface area contributed by atoms with Crippen molar-refractivity contribution >= 4 is 0 Å². The highest BCUT2D eigenvalue weighted by molar-refractivity contribution is 5.71. The summed E-state index contributed by atoms with van der Waals surface area (Å²) in [4.78, 5) is 0. The van der Waals surface area contributed by atoms with Crippen LogP contribution in [-0.2, 0) is 11.2 Å². The van der Waals surface area contributed by atoms with Gasteiger partial charge in [0.2, 0.25) is 0 Å². The van der Waals surface area contributed by atoms with Gasteiger partial charge in [-0.2, -0.15) is 0 Å². The van der Waals surface area contributed by atoms with E-state index in [4.69, 9.17) is 4.74 Å². The lowest BCUT2D eigenvalue weighted by atomic mass is 9.90. The Labute approximate surface area is 251 Å². The van der Waals surface area contributed by atoms with Gasteiger partial charge in [0.05, 0.1) is 12.7 Å². The highest BCUT2D eigenvalue weighted by Crippen LogP contribution is 2.35. The Balaban J connectivity index is 1.33. The predicted octanol–water partition coefficient (Wildman–Crippen LogP) is 11.9. The van der Waals surface area contributed by atoms with Crippen molar-refractivity contribution < 1.29 is 17.9 Å². The van der Waals surface area contributed by atoms with E-state index in [1.54, 1.807) is 48.5 Å². The number of halogens is 3. The molecule has 0 amide bonds. The second kappa shape index (κ2) is 16.7. The van der Waals surface area contributed by atoms with Gasteiger partial charge in [0.1, 0.15) is 5.82 Å². The first-order valence-electron chi connectivity index (χ1n) is 16.1. The lowest BCUT2D eigenvalue weighted by Gasteiger charge is -2.29. The van der Waals surface area contributed by atoms with Gasteiger partial charge in [-0.1, -0.05) is 113 Å². The van der Waals surface area contributed by atoms with Crippen molar-refractivity contribution in [1.29, 1.82) is 0 Å². The van der Waals surface area contributed by atoms with Crippen molar-refractivity contribution in [1.82, 2.24) is 0 Å². The molecule has 0 aromatic heterocycles. The Morgan fingerprint density at radius 1 is 0.762 bits per heavy atom. The minimum atomic E-state index is -0.813. The van der Waals surface area contributed by atoms with Crippen LogP contribution in [0.15, 0.2) is 66.7 Å². The first-order valence-corrected chi connectivity index (χ1v) is 16.1. The Kier molecular flexibility index (Phi) is 12.8. The van der Waals surface area contributed by atoms with Crippen molar-refractivity contribution in [2.45, 2.75) is 103 Å². The quantitative estimate of drug-likeness (QED) is 0.129. The zero-order valence-electron chi connectivity index (χ0n) is 25.4. The van der Waals surface area contributed by atoms with E-state index in [0.717, 1.165) is 50.5 Å². The summed E-state index contributed by atoms with van der Waals surface area (Å²) in [5.41, 5.74) is 3.29. The number of allylic oxidation sites excluding steroid dienone is 2. The van der Waals surface area contributed by atoms with Crippen LogP contribution in [-0.4, -0.2) is 6.61 Å². The van der Waals surface area contributed by atoms with Gasteiger partial charge in [-0.3, -0.25) is 0 Å². The lowest BCUT2D eigenvalue weighted by molar-refractivity contribution is -0.0191. The highest BCUT2D eigenvalue weighted by Gasteiger charge is 2.23. The Morgan fingerprint density at radius 3 is 2.07 bits per heavy atom. The van der Waals surface area contributed by atoms with E-state index < -0.39 is 11.6 Å². The Morgan fingerprint density at radius 2 is 1.43 bits per heavy atom. The summed E-state index contributed by atoms with van der Waals surface area (Å²) in [5.74, 6) is -1.31. The van der Waals surface area contributed by atoms with E-state index in [0.29, 0.717) is 41.2 Å². The summed E-state index contributed by atoms with van der Waals surface area (Å²) in [6.45, 7) is 4.96. The second-order valence-electron chi connectivity index (χ2n) is 11.9. The van der Waals surface area contributed by atoms with Crippen LogP contribution in [0, 0.1) is 23.4 Å². The summed E-state index contributed by atoms with van der Waals surface area (Å²) < 4.78 is 51.3. The van der Waals surface area contributed by atoms with Gasteiger partial charge in [0, 0.05) is 11.1 Å². The Bertz CT molecular complexity index is 1270. The molecule has 4 rings (SSSR count). The van der Waals surface area contributed by atoms with Gasteiger partial charge in [0.15, 0.2) is 11.6 Å². The van der Waals surface area contributed by atoms with E-state index in [1.807, 2.05) is 13.0 Å². The van der Waals surface area contributed by atoms with Crippen molar-refractivity contribution in [3.8, 4) is 22.3 Å². The summed E-state index contributed by atoms with van der Waals surface area (Å²) in [7, 11) is 0. The molecule has 1 heterocycles. The average Bonchev–Trinajstić information content (AvgIpc) is 3.01. The minimum Gasteiger partial charge on any atom is -0.373 e. The average molecular weight is 577 g/mol. The van der Waals surface area contributed by atoms with Crippen LogP contribution in [0.2, 0.25) is 0 Å². The van der Waals surface area contributed by atoms with Crippen LogP contribution in [0.4, 0.5) is 13.2 Å². The smallest absolute Gasteiger partial charge is 0.166 e. The maximum absolute atomic E-state index is 15.2. The monoisotopic (exact) mass is 576 g/mol. The number of ether oxygens (including phenoxy) is 1. The molecule has 42 heavy (non-hydrogen) atoms. The fraction of sp³-hybridized carbons (Fsp3) is 0.474. The van der Waals surface area contributed by atoms with Crippen LogP contribution in [0.5, 0.6) is 0 Å². The molecule has 3 aromatic carbocycles. The molecule has 2 atom stereocenters. The van der Waals surface area contributed by atoms with Crippen LogP contribution in [0.25, 0.3) is 22.3 Å². The van der Waals surface area contributed by atoms with Crippen molar-refractivity contribution in [2.75, 3.05) is 6.61 Å². The molecule has 1 aliphatic rings. The predicted molar refractivity (Wildman–Crippen MR) is 169 cm³/mol. The molecular formula is C38H47F3O. The van der Waals surface area contributed by atoms with Gasteiger partial charge in [0.25, 0.3) is 0 Å². The van der Waals surface area contributed by atoms with E-state index in [-0.39, 0.29) is 17.5 Å². The van der Waals surface area contributed by atoms with E-state index in [1.165, 1.54) is 32.1 Å². The molecule has 226 valence electrons. The fourth-order valence-corrected chi connectivity index (χ4v) is 6.05. The van der Waals surface area contributed by atoms with Gasteiger partial charge < -0.3 is 4.74 Å². The number of rotatable bonds is 15. The molecule has 1 nitrogen and oxygen atoms in total. The fourth-order valence-electron chi connectivity index (χ4n) is 6.05. The number of aryl methyl sites for hydroxylation is 1. The third-order valence-electron chi connectivity index (χ3n) is 8.68. The Hall–Kier alpha value is -2.85. The van der Waals surface area contributed by atoms with Gasteiger partial charge in [-0.05, 0) is 79.7 Å². The molecule has 0 N–H and O–H groups in total. The SMILES string of the molecule is CC=CCCC1CCC(c2ccc(-c3ccc(-c4ccc(CCCCCCCCCC)c(F)c4F)cc3)c(F)c2)OC1. The summed E-state index contributed by atoms with van der Waals surface area (Å²) in [6.07, 6.45) is 18.3. The molecule has 0 saturated carbocycles. The number of hydrogen-bond acceptors (Lipinski definition) is 1.